The van der Waals surface area contributed by atoms with E-state index in [9.17, 15) is 0 Å². The van der Waals surface area contributed by atoms with Gasteiger partial charge in [0.25, 0.3) is 0 Å². The van der Waals surface area contributed by atoms with E-state index in [4.69, 9.17) is 10.3 Å². The van der Waals surface area contributed by atoms with Gasteiger partial charge in [0.1, 0.15) is 0 Å². The summed E-state index contributed by atoms with van der Waals surface area (Å²) in [5.41, 5.74) is 5.65. The minimum atomic E-state index is -0.444. The van der Waals surface area contributed by atoms with E-state index in [2.05, 4.69) is 10.1 Å². The van der Waals surface area contributed by atoms with Crippen molar-refractivity contribution in [1.82, 2.24) is 10.1 Å². The molecule has 0 saturated carbocycles. The highest BCUT2D eigenvalue weighted by Crippen LogP contribution is 2.23. The molecule has 0 aromatic carbocycles. The molecule has 1 aromatic rings. The van der Waals surface area contributed by atoms with E-state index >= 15 is 0 Å². The maximum atomic E-state index is 6.09. The lowest BCUT2D eigenvalue weighted by molar-refractivity contribution is 0.267. The average molecular weight is 183 g/mol. The van der Waals surface area contributed by atoms with Crippen LogP contribution in [0.15, 0.2) is 4.52 Å². The minimum absolute atomic E-state index is 0.444. The first-order chi connectivity index (χ1) is 6.16. The summed E-state index contributed by atoms with van der Waals surface area (Å²) in [6, 6.07) is 0. The highest BCUT2D eigenvalue weighted by molar-refractivity contribution is 5.00. The predicted molar refractivity (Wildman–Crippen MR) is 50.1 cm³/mol. The number of aryl methyl sites for hydroxylation is 1. The zero-order chi connectivity index (χ0) is 9.90. The molecule has 0 unspecified atom stereocenters. The molecule has 1 heterocycles. The van der Waals surface area contributed by atoms with Crippen LogP contribution in [0.2, 0.25) is 0 Å². The third-order valence-corrected chi connectivity index (χ3v) is 2.47. The molecule has 4 nitrogen and oxygen atoms in total. The molecule has 2 N–H and O–H groups in total. The van der Waals surface area contributed by atoms with E-state index in [0.717, 1.165) is 25.1 Å². The zero-order valence-corrected chi connectivity index (χ0v) is 8.50. The Hall–Kier alpha value is -0.900. The van der Waals surface area contributed by atoms with Crippen LogP contribution in [0.5, 0.6) is 0 Å². The number of hydrogen-bond acceptors (Lipinski definition) is 4. The molecule has 1 aromatic heterocycles. The van der Waals surface area contributed by atoms with Crippen LogP contribution in [0.1, 0.15) is 45.3 Å². The third kappa shape index (κ3) is 1.88. The van der Waals surface area contributed by atoms with Gasteiger partial charge in [-0.05, 0) is 12.8 Å². The Kier molecular flexibility index (Phi) is 3.03. The molecule has 74 valence electrons. The van der Waals surface area contributed by atoms with E-state index in [-0.39, 0.29) is 0 Å². The standard InChI is InChI=1S/C9H17N3O/c1-4-7-11-8(13-12-7)9(10,5-2)6-3/h4-6,10H2,1-3H3. The van der Waals surface area contributed by atoms with Crippen molar-refractivity contribution < 1.29 is 4.52 Å². The van der Waals surface area contributed by atoms with E-state index < -0.39 is 5.54 Å². The third-order valence-electron chi connectivity index (χ3n) is 2.47. The Labute approximate surface area is 78.5 Å². The first-order valence-electron chi connectivity index (χ1n) is 4.78. The predicted octanol–water partition coefficient (Wildman–Crippen LogP) is 1.61. The number of hydrogen-bond donors (Lipinski definition) is 1. The van der Waals surface area contributed by atoms with Gasteiger partial charge in [0.05, 0.1) is 5.54 Å². The summed E-state index contributed by atoms with van der Waals surface area (Å²) in [6.45, 7) is 6.04. The van der Waals surface area contributed by atoms with Gasteiger partial charge in [-0.2, -0.15) is 4.98 Å². The summed E-state index contributed by atoms with van der Waals surface area (Å²) < 4.78 is 5.12. The summed E-state index contributed by atoms with van der Waals surface area (Å²) in [7, 11) is 0. The lowest BCUT2D eigenvalue weighted by Crippen LogP contribution is -2.35. The minimum Gasteiger partial charge on any atom is -0.337 e. The van der Waals surface area contributed by atoms with Gasteiger partial charge in [-0.15, -0.1) is 0 Å². The summed E-state index contributed by atoms with van der Waals surface area (Å²) in [4.78, 5) is 4.24. The van der Waals surface area contributed by atoms with Crippen LogP contribution < -0.4 is 5.73 Å². The summed E-state index contributed by atoms with van der Waals surface area (Å²) >= 11 is 0. The van der Waals surface area contributed by atoms with Crippen LogP contribution in [-0.4, -0.2) is 10.1 Å². The van der Waals surface area contributed by atoms with Crippen molar-refractivity contribution in [2.24, 2.45) is 5.73 Å². The number of aromatic nitrogens is 2. The van der Waals surface area contributed by atoms with E-state index in [1.807, 2.05) is 20.8 Å². The second-order valence-electron chi connectivity index (χ2n) is 3.23. The molecule has 4 heteroatoms. The number of nitrogens with two attached hydrogens (primary N) is 1. The maximum absolute atomic E-state index is 6.09. The van der Waals surface area contributed by atoms with E-state index in [1.54, 1.807) is 0 Å². The second kappa shape index (κ2) is 3.87. The summed E-state index contributed by atoms with van der Waals surface area (Å²) in [6.07, 6.45) is 2.41. The molecule has 0 atom stereocenters. The first-order valence-corrected chi connectivity index (χ1v) is 4.78. The molecule has 0 aliphatic carbocycles. The SMILES string of the molecule is CCc1noc(C(N)(CC)CC)n1. The zero-order valence-electron chi connectivity index (χ0n) is 8.50. The average Bonchev–Trinajstić information content (AvgIpc) is 2.65. The summed E-state index contributed by atoms with van der Waals surface area (Å²) in [5.74, 6) is 1.29. The number of nitrogens with zero attached hydrogens (tertiary/aromatic N) is 2. The molecule has 0 saturated heterocycles. The normalized spacial score (nSPS) is 12.0. The molecule has 13 heavy (non-hydrogen) atoms. The highest BCUT2D eigenvalue weighted by Gasteiger charge is 2.29. The van der Waals surface area contributed by atoms with Gasteiger partial charge in [-0.25, -0.2) is 0 Å². The smallest absolute Gasteiger partial charge is 0.246 e. The monoisotopic (exact) mass is 183 g/mol. The molecule has 0 aliphatic rings. The molecular formula is C9H17N3O. The van der Waals surface area contributed by atoms with Crippen molar-refractivity contribution >= 4 is 0 Å². The molecule has 0 amide bonds. The van der Waals surface area contributed by atoms with Crippen LogP contribution in [-0.2, 0) is 12.0 Å². The molecule has 1 rings (SSSR count). The molecule has 0 fully saturated rings. The van der Waals surface area contributed by atoms with Crippen molar-refractivity contribution in [3.8, 4) is 0 Å². The largest absolute Gasteiger partial charge is 0.337 e. The Balaban J connectivity index is 2.91. The summed E-state index contributed by atoms with van der Waals surface area (Å²) in [5, 5.41) is 3.83. The second-order valence-corrected chi connectivity index (χ2v) is 3.23. The van der Waals surface area contributed by atoms with Crippen molar-refractivity contribution in [2.45, 2.75) is 45.6 Å². The first kappa shape index (κ1) is 10.2. The highest BCUT2D eigenvalue weighted by atomic mass is 16.5. The quantitative estimate of drug-likeness (QED) is 0.770. The van der Waals surface area contributed by atoms with Gasteiger partial charge in [-0.3, -0.25) is 0 Å². The van der Waals surface area contributed by atoms with Crippen molar-refractivity contribution in [3.05, 3.63) is 11.7 Å². The maximum Gasteiger partial charge on any atom is 0.246 e. The van der Waals surface area contributed by atoms with E-state index in [0.29, 0.717) is 5.89 Å². The molecule has 0 aliphatic heterocycles. The van der Waals surface area contributed by atoms with Gasteiger partial charge in [0, 0.05) is 6.42 Å². The van der Waals surface area contributed by atoms with Crippen molar-refractivity contribution in [1.29, 1.82) is 0 Å². The van der Waals surface area contributed by atoms with Crippen molar-refractivity contribution in [3.63, 3.8) is 0 Å². The van der Waals surface area contributed by atoms with Gasteiger partial charge in [-0.1, -0.05) is 25.9 Å². The fourth-order valence-electron chi connectivity index (χ4n) is 1.15. The van der Waals surface area contributed by atoms with Crippen molar-refractivity contribution in [2.75, 3.05) is 0 Å². The number of rotatable bonds is 4. The van der Waals surface area contributed by atoms with Gasteiger partial charge >= 0.3 is 0 Å². The van der Waals surface area contributed by atoms with Crippen LogP contribution in [0, 0.1) is 0 Å². The van der Waals surface area contributed by atoms with Gasteiger partial charge in [0.15, 0.2) is 5.82 Å². The fraction of sp³-hybridized carbons (Fsp3) is 0.778. The Morgan fingerprint density at radius 1 is 1.31 bits per heavy atom. The topological polar surface area (TPSA) is 64.9 Å². The van der Waals surface area contributed by atoms with Crippen LogP contribution >= 0.6 is 0 Å². The fourth-order valence-corrected chi connectivity index (χ4v) is 1.15. The Morgan fingerprint density at radius 2 is 1.92 bits per heavy atom. The van der Waals surface area contributed by atoms with Crippen LogP contribution in [0.25, 0.3) is 0 Å². The lowest BCUT2D eigenvalue weighted by Gasteiger charge is -2.20. The molecule has 0 radical (unpaired) electrons. The Morgan fingerprint density at radius 3 is 2.31 bits per heavy atom. The van der Waals surface area contributed by atoms with E-state index in [1.165, 1.54) is 0 Å². The molecule has 0 bridgehead atoms. The molecular weight excluding hydrogens is 166 g/mol. The van der Waals surface area contributed by atoms with Gasteiger partial charge in [0.2, 0.25) is 5.89 Å². The molecule has 0 spiro atoms. The van der Waals surface area contributed by atoms with Gasteiger partial charge < -0.3 is 10.3 Å². The Bertz CT molecular complexity index is 266. The lowest BCUT2D eigenvalue weighted by atomic mass is 9.94. The van der Waals surface area contributed by atoms with Crippen LogP contribution in [0.3, 0.4) is 0 Å². The van der Waals surface area contributed by atoms with Crippen LogP contribution in [0.4, 0.5) is 0 Å².